The Balaban J connectivity index is 2.65. The summed E-state index contributed by atoms with van der Waals surface area (Å²) in [6.45, 7) is 8.92. The van der Waals surface area contributed by atoms with Gasteiger partial charge in [0.05, 0.1) is 6.04 Å². The summed E-state index contributed by atoms with van der Waals surface area (Å²) in [7, 11) is 0. The van der Waals surface area contributed by atoms with Crippen LogP contribution in [0.4, 0.5) is 0 Å². The van der Waals surface area contributed by atoms with Crippen molar-refractivity contribution in [3.63, 3.8) is 0 Å². The van der Waals surface area contributed by atoms with E-state index in [0.717, 1.165) is 32.2 Å². The van der Waals surface area contributed by atoms with Crippen LogP contribution in [0.15, 0.2) is 0 Å². The summed E-state index contributed by atoms with van der Waals surface area (Å²) >= 11 is 0. The van der Waals surface area contributed by atoms with Crippen LogP contribution in [-0.4, -0.2) is 46.1 Å². The number of rotatable bonds is 7. The Morgan fingerprint density at radius 3 is 2.62 bits per heavy atom. The molecule has 21 heavy (non-hydrogen) atoms. The summed E-state index contributed by atoms with van der Waals surface area (Å²) in [6, 6.07) is 0.00950. The number of carboxylic acids is 1. The molecule has 0 spiro atoms. The number of carbonyl (C=O) groups is 2. The molecule has 1 fully saturated rings. The van der Waals surface area contributed by atoms with Gasteiger partial charge in [-0.2, -0.15) is 0 Å². The van der Waals surface area contributed by atoms with Gasteiger partial charge >= 0.3 is 5.97 Å². The van der Waals surface area contributed by atoms with Crippen molar-refractivity contribution in [2.45, 2.75) is 83.8 Å². The van der Waals surface area contributed by atoms with Crippen LogP contribution in [0, 0.1) is 0 Å². The highest BCUT2D eigenvalue weighted by Gasteiger charge is 2.32. The number of nitrogens with zero attached hydrogens (tertiary/aromatic N) is 1. The molecule has 0 saturated carbocycles. The predicted octanol–water partition coefficient (Wildman–Crippen LogP) is 2.40. The average molecular weight is 298 g/mol. The van der Waals surface area contributed by atoms with Gasteiger partial charge in [0.1, 0.15) is 0 Å². The molecule has 1 amide bonds. The van der Waals surface area contributed by atoms with E-state index in [1.807, 2.05) is 20.8 Å². The van der Waals surface area contributed by atoms with Gasteiger partial charge in [-0.15, -0.1) is 0 Å². The highest BCUT2D eigenvalue weighted by atomic mass is 16.4. The Kier molecular flexibility index (Phi) is 6.65. The number of carboxylic acid groups (broad SMARTS) is 1. The maximum absolute atomic E-state index is 12.4. The van der Waals surface area contributed by atoms with E-state index in [1.165, 1.54) is 0 Å². The molecule has 0 aliphatic carbocycles. The zero-order chi connectivity index (χ0) is 16.0. The number of aliphatic carboxylic acids is 1. The molecule has 5 heteroatoms. The lowest BCUT2D eigenvalue weighted by atomic mass is 9.95. The molecule has 2 N–H and O–H groups in total. The van der Waals surface area contributed by atoms with Crippen LogP contribution in [-0.2, 0) is 9.59 Å². The fourth-order valence-electron chi connectivity index (χ4n) is 2.81. The molecule has 1 aliphatic heterocycles. The molecule has 0 aromatic rings. The van der Waals surface area contributed by atoms with Gasteiger partial charge < -0.3 is 10.4 Å². The number of hydrogen-bond donors (Lipinski definition) is 2. The van der Waals surface area contributed by atoms with Gasteiger partial charge in [0.2, 0.25) is 5.91 Å². The van der Waals surface area contributed by atoms with E-state index in [4.69, 9.17) is 5.11 Å². The first-order chi connectivity index (χ1) is 9.76. The number of likely N-dealkylation sites (tertiary alicyclic amines) is 1. The van der Waals surface area contributed by atoms with E-state index in [-0.39, 0.29) is 30.0 Å². The van der Waals surface area contributed by atoms with Crippen LogP contribution in [0.1, 0.15) is 66.2 Å². The minimum Gasteiger partial charge on any atom is -0.481 e. The third kappa shape index (κ3) is 5.65. The maximum Gasteiger partial charge on any atom is 0.303 e. The highest BCUT2D eigenvalue weighted by molar-refractivity contribution is 5.82. The number of amides is 1. The fourth-order valence-corrected chi connectivity index (χ4v) is 2.81. The summed E-state index contributed by atoms with van der Waals surface area (Å²) in [5.41, 5.74) is -0.197. The molecule has 0 radical (unpaired) electrons. The van der Waals surface area contributed by atoms with E-state index in [1.54, 1.807) is 0 Å². The molecule has 122 valence electrons. The van der Waals surface area contributed by atoms with Gasteiger partial charge in [-0.1, -0.05) is 13.3 Å². The second-order valence-corrected chi connectivity index (χ2v) is 6.72. The first-order valence-corrected chi connectivity index (χ1v) is 8.06. The van der Waals surface area contributed by atoms with Crippen LogP contribution >= 0.6 is 0 Å². The minimum atomic E-state index is -0.759. The average Bonchev–Trinajstić information content (AvgIpc) is 2.44. The lowest BCUT2D eigenvalue weighted by molar-refractivity contribution is -0.137. The van der Waals surface area contributed by atoms with E-state index >= 15 is 0 Å². The SMILES string of the molecule is CCC(C)(C)NC(=O)C(C)N1CCCCC1CCC(=O)O. The third-order valence-electron chi connectivity index (χ3n) is 4.59. The van der Waals surface area contributed by atoms with Crippen molar-refractivity contribution in [1.29, 1.82) is 0 Å². The Morgan fingerprint density at radius 1 is 1.38 bits per heavy atom. The van der Waals surface area contributed by atoms with Gasteiger partial charge in [0.25, 0.3) is 0 Å². The third-order valence-corrected chi connectivity index (χ3v) is 4.59. The highest BCUT2D eigenvalue weighted by Crippen LogP contribution is 2.23. The molecule has 1 rings (SSSR count). The first-order valence-electron chi connectivity index (χ1n) is 8.06. The van der Waals surface area contributed by atoms with Crippen LogP contribution in [0.3, 0.4) is 0 Å². The molecule has 0 aromatic carbocycles. The second-order valence-electron chi connectivity index (χ2n) is 6.72. The van der Waals surface area contributed by atoms with Crippen molar-refractivity contribution >= 4 is 11.9 Å². The monoisotopic (exact) mass is 298 g/mol. The number of piperidine rings is 1. The molecular weight excluding hydrogens is 268 g/mol. The maximum atomic E-state index is 12.4. The Morgan fingerprint density at radius 2 is 2.05 bits per heavy atom. The molecule has 5 nitrogen and oxygen atoms in total. The first kappa shape index (κ1) is 18.0. The number of carbonyl (C=O) groups excluding carboxylic acids is 1. The summed E-state index contributed by atoms with van der Waals surface area (Å²) < 4.78 is 0. The second kappa shape index (κ2) is 7.78. The van der Waals surface area contributed by atoms with Crippen molar-refractivity contribution in [1.82, 2.24) is 10.2 Å². The van der Waals surface area contributed by atoms with Crippen LogP contribution < -0.4 is 5.32 Å². The van der Waals surface area contributed by atoms with E-state index < -0.39 is 5.97 Å². The van der Waals surface area contributed by atoms with Crippen molar-refractivity contribution in [2.24, 2.45) is 0 Å². The van der Waals surface area contributed by atoms with Crippen molar-refractivity contribution in [3.8, 4) is 0 Å². The molecular formula is C16H30N2O3. The summed E-state index contributed by atoms with van der Waals surface area (Å²) in [5, 5.41) is 12.0. The van der Waals surface area contributed by atoms with Crippen molar-refractivity contribution in [3.05, 3.63) is 0 Å². The smallest absolute Gasteiger partial charge is 0.303 e. The zero-order valence-electron chi connectivity index (χ0n) is 13.8. The molecule has 2 atom stereocenters. The standard InChI is InChI=1S/C16H30N2O3/c1-5-16(3,4)17-15(21)12(2)18-11-7-6-8-13(18)9-10-14(19)20/h12-13H,5-11H2,1-4H3,(H,17,21)(H,19,20). The minimum absolute atomic E-state index is 0.0454. The van der Waals surface area contributed by atoms with E-state index in [9.17, 15) is 9.59 Å². The van der Waals surface area contributed by atoms with E-state index in [2.05, 4.69) is 17.1 Å². The van der Waals surface area contributed by atoms with Gasteiger partial charge in [0.15, 0.2) is 0 Å². The van der Waals surface area contributed by atoms with Crippen molar-refractivity contribution in [2.75, 3.05) is 6.54 Å². The van der Waals surface area contributed by atoms with Crippen LogP contribution in [0.5, 0.6) is 0 Å². The van der Waals surface area contributed by atoms with Crippen LogP contribution in [0.25, 0.3) is 0 Å². The predicted molar refractivity (Wildman–Crippen MR) is 83.2 cm³/mol. The number of nitrogens with one attached hydrogen (secondary N) is 1. The lowest BCUT2D eigenvalue weighted by Gasteiger charge is -2.40. The molecule has 0 aromatic heterocycles. The fraction of sp³-hybridized carbons (Fsp3) is 0.875. The van der Waals surface area contributed by atoms with Crippen LogP contribution in [0.2, 0.25) is 0 Å². The van der Waals surface area contributed by atoms with Gasteiger partial charge in [-0.05, 0) is 53.0 Å². The van der Waals surface area contributed by atoms with E-state index in [0.29, 0.717) is 6.42 Å². The van der Waals surface area contributed by atoms with Gasteiger partial charge in [0, 0.05) is 18.0 Å². The normalized spacial score (nSPS) is 21.8. The van der Waals surface area contributed by atoms with Crippen molar-refractivity contribution < 1.29 is 14.7 Å². The molecule has 1 saturated heterocycles. The largest absolute Gasteiger partial charge is 0.481 e. The molecule has 0 bridgehead atoms. The Labute approximate surface area is 128 Å². The molecule has 1 heterocycles. The molecule has 2 unspecified atom stereocenters. The molecule has 1 aliphatic rings. The topological polar surface area (TPSA) is 69.6 Å². The number of hydrogen-bond acceptors (Lipinski definition) is 3. The Bertz CT molecular complexity index is 369. The summed E-state index contributed by atoms with van der Waals surface area (Å²) in [6.07, 6.45) is 4.88. The summed E-state index contributed by atoms with van der Waals surface area (Å²) in [5.74, 6) is -0.714. The lowest BCUT2D eigenvalue weighted by Crippen LogP contribution is -2.55. The quantitative estimate of drug-likeness (QED) is 0.757. The van der Waals surface area contributed by atoms with Gasteiger partial charge in [-0.25, -0.2) is 0 Å². The summed E-state index contributed by atoms with van der Waals surface area (Å²) in [4.78, 5) is 25.4. The Hall–Kier alpha value is -1.10. The zero-order valence-corrected chi connectivity index (χ0v) is 13.8. The van der Waals surface area contributed by atoms with Gasteiger partial charge in [-0.3, -0.25) is 14.5 Å².